The Morgan fingerprint density at radius 2 is 2.52 bits per heavy atom. The lowest BCUT2D eigenvalue weighted by molar-refractivity contribution is -0.119. The van der Waals surface area contributed by atoms with Crippen LogP contribution in [0.3, 0.4) is 0 Å². The van der Waals surface area contributed by atoms with Crippen LogP contribution >= 0.6 is 11.3 Å². The summed E-state index contributed by atoms with van der Waals surface area (Å²) in [5.74, 6) is 0.709. The van der Waals surface area contributed by atoms with Gasteiger partial charge in [0.1, 0.15) is 5.75 Å². The molecule has 2 aromatic rings. The Balaban J connectivity index is 1.65. The summed E-state index contributed by atoms with van der Waals surface area (Å²) in [7, 11) is 1.63. The van der Waals surface area contributed by atoms with Crippen molar-refractivity contribution < 1.29 is 14.3 Å². The molecule has 1 aromatic carbocycles. The molecule has 21 heavy (non-hydrogen) atoms. The first kappa shape index (κ1) is 14.2. The van der Waals surface area contributed by atoms with Crippen molar-refractivity contribution in [3.05, 3.63) is 18.2 Å². The van der Waals surface area contributed by atoms with Gasteiger partial charge < -0.3 is 20.1 Å². The van der Waals surface area contributed by atoms with Crippen LogP contribution in [0.15, 0.2) is 18.2 Å². The Morgan fingerprint density at radius 1 is 1.62 bits per heavy atom. The molecule has 3 rings (SSSR count). The maximum absolute atomic E-state index is 12.0. The van der Waals surface area contributed by atoms with Gasteiger partial charge in [-0.15, -0.1) is 0 Å². The van der Waals surface area contributed by atoms with Gasteiger partial charge in [0.05, 0.1) is 36.5 Å². The van der Waals surface area contributed by atoms with Crippen LogP contribution in [0.2, 0.25) is 0 Å². The number of benzene rings is 1. The second-order valence-electron chi connectivity index (χ2n) is 4.80. The fourth-order valence-electron chi connectivity index (χ4n) is 2.21. The normalized spacial score (nSPS) is 18.6. The molecule has 1 aromatic heterocycles. The van der Waals surface area contributed by atoms with Crippen molar-refractivity contribution in [3.8, 4) is 5.75 Å². The summed E-state index contributed by atoms with van der Waals surface area (Å²) in [5.41, 5.74) is 0.853. The summed E-state index contributed by atoms with van der Waals surface area (Å²) >= 11 is 1.44. The van der Waals surface area contributed by atoms with Crippen molar-refractivity contribution in [1.82, 2.24) is 10.3 Å². The monoisotopic (exact) mass is 307 g/mol. The molecule has 0 spiro atoms. The molecule has 1 aliphatic rings. The molecule has 2 N–H and O–H groups in total. The van der Waals surface area contributed by atoms with E-state index in [-0.39, 0.29) is 12.0 Å². The van der Waals surface area contributed by atoms with Crippen molar-refractivity contribution in [2.24, 2.45) is 0 Å². The molecule has 1 fully saturated rings. The van der Waals surface area contributed by atoms with Gasteiger partial charge in [-0.3, -0.25) is 4.79 Å². The van der Waals surface area contributed by atoms with Gasteiger partial charge in [0.25, 0.3) is 0 Å². The molecule has 0 radical (unpaired) electrons. The number of fused-ring (bicyclic) bond motifs is 1. The number of carbonyl (C=O) groups is 1. The molecule has 0 aliphatic carbocycles. The minimum atomic E-state index is -0.0743. The zero-order valence-corrected chi connectivity index (χ0v) is 12.5. The first-order valence-electron chi connectivity index (χ1n) is 6.81. The number of hydrogen-bond acceptors (Lipinski definition) is 6. The molecule has 1 aliphatic heterocycles. The van der Waals surface area contributed by atoms with E-state index in [1.165, 1.54) is 11.3 Å². The van der Waals surface area contributed by atoms with E-state index in [1.54, 1.807) is 7.11 Å². The zero-order valence-electron chi connectivity index (χ0n) is 11.7. The van der Waals surface area contributed by atoms with Gasteiger partial charge in [0, 0.05) is 13.1 Å². The summed E-state index contributed by atoms with van der Waals surface area (Å²) in [6.07, 6.45) is 0.278. The van der Waals surface area contributed by atoms with Crippen LogP contribution in [-0.2, 0) is 9.53 Å². The standard InChI is InChI=1S/C14H17N3O3S/c1-19-9-2-3-11-12(6-9)21-14(16-11)17-13(18)7-10-8-15-4-5-20-10/h2-3,6,10,15H,4-5,7-8H2,1H3,(H,16,17,18). The van der Waals surface area contributed by atoms with Crippen LogP contribution in [0.25, 0.3) is 10.2 Å². The van der Waals surface area contributed by atoms with Crippen molar-refractivity contribution in [2.75, 3.05) is 32.1 Å². The lowest BCUT2D eigenvalue weighted by Gasteiger charge is -2.22. The lowest BCUT2D eigenvalue weighted by Crippen LogP contribution is -2.40. The predicted octanol–water partition coefficient (Wildman–Crippen LogP) is 1.62. The van der Waals surface area contributed by atoms with Crippen LogP contribution in [0.4, 0.5) is 5.13 Å². The van der Waals surface area contributed by atoms with Crippen LogP contribution in [0.1, 0.15) is 6.42 Å². The fourth-order valence-corrected chi connectivity index (χ4v) is 3.12. The maximum atomic E-state index is 12.0. The third-order valence-corrected chi connectivity index (χ3v) is 4.19. The number of rotatable bonds is 4. The molecule has 6 nitrogen and oxygen atoms in total. The first-order chi connectivity index (χ1) is 10.2. The zero-order chi connectivity index (χ0) is 14.7. The molecule has 7 heteroatoms. The average Bonchev–Trinajstić information content (AvgIpc) is 2.89. The van der Waals surface area contributed by atoms with E-state index in [4.69, 9.17) is 9.47 Å². The Labute approximate surface area is 126 Å². The van der Waals surface area contributed by atoms with Crippen LogP contribution in [0, 0.1) is 0 Å². The molecular formula is C14H17N3O3S. The Morgan fingerprint density at radius 3 is 3.29 bits per heavy atom. The maximum Gasteiger partial charge on any atom is 0.228 e. The molecule has 112 valence electrons. The van der Waals surface area contributed by atoms with Gasteiger partial charge in [-0.05, 0) is 18.2 Å². The number of aromatic nitrogens is 1. The smallest absolute Gasteiger partial charge is 0.228 e. The highest BCUT2D eigenvalue weighted by molar-refractivity contribution is 7.22. The van der Waals surface area contributed by atoms with E-state index in [1.807, 2.05) is 18.2 Å². The quantitative estimate of drug-likeness (QED) is 0.898. The number of hydrogen-bond donors (Lipinski definition) is 2. The molecule has 1 amide bonds. The molecule has 0 saturated carbocycles. The van der Waals surface area contributed by atoms with Gasteiger partial charge in [-0.1, -0.05) is 11.3 Å². The second kappa shape index (κ2) is 6.38. The number of ether oxygens (including phenoxy) is 2. The molecule has 2 heterocycles. The van der Waals surface area contributed by atoms with Crippen molar-refractivity contribution in [2.45, 2.75) is 12.5 Å². The van der Waals surface area contributed by atoms with Crippen molar-refractivity contribution in [1.29, 1.82) is 0 Å². The molecule has 1 unspecified atom stereocenters. The number of carbonyl (C=O) groups excluding carboxylic acids is 1. The van der Waals surface area contributed by atoms with Gasteiger partial charge in [0.15, 0.2) is 5.13 Å². The van der Waals surface area contributed by atoms with E-state index in [0.29, 0.717) is 24.7 Å². The number of methoxy groups -OCH3 is 1. The Hall–Kier alpha value is -1.70. The van der Waals surface area contributed by atoms with Crippen LogP contribution in [0.5, 0.6) is 5.75 Å². The topological polar surface area (TPSA) is 72.5 Å². The summed E-state index contributed by atoms with van der Waals surface area (Å²) in [5, 5.41) is 6.65. The molecule has 0 bridgehead atoms. The number of morpholine rings is 1. The number of amides is 1. The highest BCUT2D eigenvalue weighted by atomic mass is 32.1. The van der Waals surface area contributed by atoms with Crippen molar-refractivity contribution in [3.63, 3.8) is 0 Å². The Kier molecular flexibility index (Phi) is 4.33. The number of anilines is 1. The van der Waals surface area contributed by atoms with Crippen LogP contribution < -0.4 is 15.4 Å². The van der Waals surface area contributed by atoms with Gasteiger partial charge >= 0.3 is 0 Å². The van der Waals surface area contributed by atoms with E-state index in [0.717, 1.165) is 22.5 Å². The highest BCUT2D eigenvalue weighted by Gasteiger charge is 2.18. The first-order valence-corrected chi connectivity index (χ1v) is 7.63. The molecule has 1 atom stereocenters. The largest absolute Gasteiger partial charge is 0.497 e. The molecule has 1 saturated heterocycles. The predicted molar refractivity (Wildman–Crippen MR) is 82.0 cm³/mol. The number of thiazole rings is 1. The third-order valence-electron chi connectivity index (χ3n) is 3.26. The minimum absolute atomic E-state index is 0.0618. The molecular weight excluding hydrogens is 290 g/mol. The summed E-state index contributed by atoms with van der Waals surface area (Å²) in [4.78, 5) is 16.4. The number of nitrogens with one attached hydrogen (secondary N) is 2. The lowest BCUT2D eigenvalue weighted by atomic mass is 10.2. The Bertz CT molecular complexity index is 637. The van der Waals surface area contributed by atoms with E-state index in [9.17, 15) is 4.79 Å². The fraction of sp³-hybridized carbons (Fsp3) is 0.429. The second-order valence-corrected chi connectivity index (χ2v) is 5.83. The van der Waals surface area contributed by atoms with Crippen molar-refractivity contribution >= 4 is 32.6 Å². The van der Waals surface area contributed by atoms with Gasteiger partial charge in [0.2, 0.25) is 5.91 Å². The van der Waals surface area contributed by atoms with Gasteiger partial charge in [-0.25, -0.2) is 4.98 Å². The summed E-state index contributed by atoms with van der Waals surface area (Å²) < 4.78 is 11.7. The SMILES string of the molecule is COc1ccc2nc(NC(=O)CC3CNCCO3)sc2c1. The van der Waals surface area contributed by atoms with E-state index < -0.39 is 0 Å². The van der Waals surface area contributed by atoms with Gasteiger partial charge in [-0.2, -0.15) is 0 Å². The number of nitrogens with zero attached hydrogens (tertiary/aromatic N) is 1. The van der Waals surface area contributed by atoms with E-state index >= 15 is 0 Å². The van der Waals surface area contributed by atoms with E-state index in [2.05, 4.69) is 15.6 Å². The summed E-state index contributed by atoms with van der Waals surface area (Å²) in [6.45, 7) is 2.21. The summed E-state index contributed by atoms with van der Waals surface area (Å²) in [6, 6.07) is 5.65. The minimum Gasteiger partial charge on any atom is -0.497 e. The average molecular weight is 307 g/mol. The third kappa shape index (κ3) is 3.49. The highest BCUT2D eigenvalue weighted by Crippen LogP contribution is 2.29. The van der Waals surface area contributed by atoms with Crippen LogP contribution in [-0.4, -0.2) is 43.8 Å².